The van der Waals surface area contributed by atoms with Crippen molar-refractivity contribution in [1.29, 1.82) is 0 Å². The van der Waals surface area contributed by atoms with Crippen LogP contribution in [0.15, 0.2) is 24.3 Å². The Kier molecular flexibility index (Phi) is 7.03. The zero-order chi connectivity index (χ0) is 17.6. The number of nitrogens with one attached hydrogen (secondary N) is 1. The van der Waals surface area contributed by atoms with Gasteiger partial charge in [0.25, 0.3) is 0 Å². The van der Waals surface area contributed by atoms with E-state index in [-0.39, 0.29) is 12.1 Å². The molecule has 0 amide bonds. The van der Waals surface area contributed by atoms with Crippen molar-refractivity contribution in [2.24, 2.45) is 0 Å². The predicted octanol–water partition coefficient (Wildman–Crippen LogP) is 1.40. The molecule has 1 unspecified atom stereocenters. The summed E-state index contributed by atoms with van der Waals surface area (Å²) in [5.41, 5.74) is 1.11. The number of ether oxygens (including phenoxy) is 2. The smallest absolute Gasteiger partial charge is 0.209 e. The molecule has 1 saturated heterocycles. The number of likely N-dealkylation sites (tertiary alicyclic amines) is 1. The number of hydrogen-bond acceptors (Lipinski definition) is 5. The van der Waals surface area contributed by atoms with E-state index in [1.165, 1.54) is 6.26 Å². The molecule has 24 heavy (non-hydrogen) atoms. The van der Waals surface area contributed by atoms with Crippen LogP contribution in [0.2, 0.25) is 0 Å². The van der Waals surface area contributed by atoms with E-state index in [9.17, 15) is 8.42 Å². The van der Waals surface area contributed by atoms with Gasteiger partial charge in [-0.1, -0.05) is 18.2 Å². The van der Waals surface area contributed by atoms with Gasteiger partial charge in [0.05, 0.1) is 12.9 Å². The molecule has 0 aromatic heterocycles. The van der Waals surface area contributed by atoms with Gasteiger partial charge < -0.3 is 9.47 Å². The van der Waals surface area contributed by atoms with E-state index in [1.807, 2.05) is 31.2 Å². The van der Waals surface area contributed by atoms with Crippen molar-refractivity contribution in [2.75, 3.05) is 39.7 Å². The third-order valence-corrected chi connectivity index (χ3v) is 5.06. The molecule has 1 aromatic carbocycles. The predicted molar refractivity (Wildman–Crippen MR) is 94.9 cm³/mol. The van der Waals surface area contributed by atoms with Crippen LogP contribution in [0.3, 0.4) is 0 Å². The van der Waals surface area contributed by atoms with E-state index in [2.05, 4.69) is 9.62 Å². The fraction of sp³-hybridized carbons (Fsp3) is 0.647. The first-order valence-corrected chi connectivity index (χ1v) is 10.2. The van der Waals surface area contributed by atoms with Gasteiger partial charge in [-0.3, -0.25) is 4.90 Å². The summed E-state index contributed by atoms with van der Waals surface area (Å²) in [6, 6.07) is 7.85. The summed E-state index contributed by atoms with van der Waals surface area (Å²) < 4.78 is 37.1. The van der Waals surface area contributed by atoms with Crippen molar-refractivity contribution < 1.29 is 17.9 Å². The Morgan fingerprint density at radius 2 is 2.08 bits per heavy atom. The quantitative estimate of drug-likeness (QED) is 0.763. The molecule has 0 aliphatic carbocycles. The van der Waals surface area contributed by atoms with Crippen LogP contribution >= 0.6 is 0 Å². The van der Waals surface area contributed by atoms with Crippen molar-refractivity contribution in [3.8, 4) is 5.75 Å². The van der Waals surface area contributed by atoms with Crippen molar-refractivity contribution in [2.45, 2.75) is 31.8 Å². The Hall–Kier alpha value is -1.15. The molecular weight excluding hydrogens is 328 g/mol. The molecule has 136 valence electrons. The number of benzene rings is 1. The number of piperidine rings is 1. The fourth-order valence-corrected chi connectivity index (χ4v) is 4.03. The van der Waals surface area contributed by atoms with E-state index < -0.39 is 10.0 Å². The molecule has 1 heterocycles. The lowest BCUT2D eigenvalue weighted by Crippen LogP contribution is -2.57. The number of hydrogen-bond donors (Lipinski definition) is 1. The van der Waals surface area contributed by atoms with Gasteiger partial charge >= 0.3 is 0 Å². The minimum Gasteiger partial charge on any atom is -0.492 e. The van der Waals surface area contributed by atoms with Crippen LogP contribution in [0.5, 0.6) is 5.75 Å². The van der Waals surface area contributed by atoms with Crippen molar-refractivity contribution in [1.82, 2.24) is 9.62 Å². The van der Waals surface area contributed by atoms with Gasteiger partial charge in [-0.25, -0.2) is 13.1 Å². The number of aryl methyl sites for hydroxylation is 1. The van der Waals surface area contributed by atoms with E-state index in [1.54, 1.807) is 7.11 Å². The molecule has 0 saturated carbocycles. The summed E-state index contributed by atoms with van der Waals surface area (Å²) in [6.45, 7) is 4.75. The molecule has 1 aliphatic rings. The summed E-state index contributed by atoms with van der Waals surface area (Å²) in [5, 5.41) is 0. The van der Waals surface area contributed by atoms with Crippen LogP contribution in [0, 0.1) is 6.92 Å². The zero-order valence-electron chi connectivity index (χ0n) is 14.7. The molecule has 0 spiro atoms. The van der Waals surface area contributed by atoms with Gasteiger partial charge in [0.1, 0.15) is 12.4 Å². The molecule has 1 aliphatic heterocycles. The number of sulfonamides is 1. The Labute approximate surface area is 145 Å². The molecule has 0 radical (unpaired) electrons. The van der Waals surface area contributed by atoms with Gasteiger partial charge in [-0.2, -0.15) is 0 Å². The molecule has 1 N–H and O–H groups in total. The second-order valence-corrected chi connectivity index (χ2v) is 8.09. The highest BCUT2D eigenvalue weighted by molar-refractivity contribution is 7.88. The normalized spacial score (nSPS) is 22.5. The Morgan fingerprint density at radius 3 is 2.75 bits per heavy atom. The Bertz CT molecular complexity index is 621. The minimum atomic E-state index is -3.23. The lowest BCUT2D eigenvalue weighted by atomic mass is 9.97. The molecule has 2 rings (SSSR count). The Balaban J connectivity index is 1.95. The monoisotopic (exact) mass is 356 g/mol. The van der Waals surface area contributed by atoms with Crippen LogP contribution in [-0.2, 0) is 14.8 Å². The second-order valence-electron chi connectivity index (χ2n) is 6.31. The van der Waals surface area contributed by atoms with Crippen LogP contribution in [0.4, 0.5) is 0 Å². The molecule has 1 aromatic rings. The third-order valence-electron chi connectivity index (χ3n) is 4.33. The van der Waals surface area contributed by atoms with Crippen LogP contribution in [0.1, 0.15) is 18.4 Å². The lowest BCUT2D eigenvalue weighted by molar-refractivity contribution is 0.0404. The van der Waals surface area contributed by atoms with E-state index in [4.69, 9.17) is 9.47 Å². The van der Waals surface area contributed by atoms with Crippen LogP contribution < -0.4 is 9.46 Å². The van der Waals surface area contributed by atoms with Crippen molar-refractivity contribution in [3.63, 3.8) is 0 Å². The summed E-state index contributed by atoms with van der Waals surface area (Å²) >= 11 is 0. The average Bonchev–Trinajstić information content (AvgIpc) is 2.51. The Morgan fingerprint density at radius 1 is 1.33 bits per heavy atom. The van der Waals surface area contributed by atoms with E-state index in [0.717, 1.165) is 37.2 Å². The van der Waals surface area contributed by atoms with Gasteiger partial charge in [-0.05, 0) is 37.9 Å². The molecule has 1 fully saturated rings. The highest BCUT2D eigenvalue weighted by atomic mass is 32.2. The molecule has 0 bridgehead atoms. The second kappa shape index (κ2) is 8.80. The maximum Gasteiger partial charge on any atom is 0.209 e. The molecule has 2 atom stereocenters. The first kappa shape index (κ1) is 19.2. The zero-order valence-corrected chi connectivity index (χ0v) is 15.5. The van der Waals surface area contributed by atoms with E-state index in [0.29, 0.717) is 13.2 Å². The molecular formula is C17H28N2O4S. The van der Waals surface area contributed by atoms with Gasteiger partial charge in [-0.15, -0.1) is 0 Å². The highest BCUT2D eigenvalue weighted by Gasteiger charge is 2.32. The fourth-order valence-electron chi connectivity index (χ4n) is 3.20. The van der Waals surface area contributed by atoms with Crippen molar-refractivity contribution >= 4 is 10.0 Å². The van der Waals surface area contributed by atoms with Gasteiger partial charge in [0, 0.05) is 25.7 Å². The summed E-state index contributed by atoms with van der Waals surface area (Å²) in [4.78, 5) is 2.26. The van der Waals surface area contributed by atoms with E-state index >= 15 is 0 Å². The summed E-state index contributed by atoms with van der Waals surface area (Å²) in [6.07, 6.45) is 2.99. The minimum absolute atomic E-state index is 0.0268. The first-order chi connectivity index (χ1) is 11.4. The van der Waals surface area contributed by atoms with Crippen LogP contribution in [-0.4, -0.2) is 65.1 Å². The van der Waals surface area contributed by atoms with Crippen LogP contribution in [0.25, 0.3) is 0 Å². The van der Waals surface area contributed by atoms with Gasteiger partial charge in [0.2, 0.25) is 10.0 Å². The maximum atomic E-state index is 11.6. The number of nitrogens with zero attached hydrogens (tertiary/aromatic N) is 1. The number of para-hydroxylation sites is 1. The number of rotatable bonds is 8. The SMILES string of the molecule is COCC1[C@@H](NS(C)(=O)=O)CCCN1CCOc1ccccc1C. The first-order valence-electron chi connectivity index (χ1n) is 8.29. The summed E-state index contributed by atoms with van der Waals surface area (Å²) in [5.74, 6) is 0.892. The topological polar surface area (TPSA) is 67.9 Å². The lowest BCUT2D eigenvalue weighted by Gasteiger charge is -2.40. The van der Waals surface area contributed by atoms with Crippen molar-refractivity contribution in [3.05, 3.63) is 29.8 Å². The maximum absolute atomic E-state index is 11.6. The number of methoxy groups -OCH3 is 1. The standard InChI is InChI=1S/C17H28N2O4S/c1-14-7-4-5-9-17(14)23-12-11-19-10-6-8-15(16(19)13-22-2)18-24(3,20)21/h4-5,7,9,15-16,18H,6,8,10-13H2,1-3H3/t15-,16?/m0/s1. The third kappa shape index (κ3) is 5.73. The van der Waals surface area contributed by atoms with Gasteiger partial charge in [0.15, 0.2) is 0 Å². The average molecular weight is 356 g/mol. The molecule has 7 heteroatoms. The molecule has 6 nitrogen and oxygen atoms in total. The summed E-state index contributed by atoms with van der Waals surface area (Å²) in [7, 11) is -1.58. The highest BCUT2D eigenvalue weighted by Crippen LogP contribution is 2.20. The largest absolute Gasteiger partial charge is 0.492 e.